The molecule has 3 atom stereocenters. The van der Waals surface area contributed by atoms with Crippen LogP contribution in [0.2, 0.25) is 10.0 Å². The Bertz CT molecular complexity index is 900. The largest absolute Gasteiger partial charge is 0.299 e. The van der Waals surface area contributed by atoms with E-state index >= 15 is 0 Å². The van der Waals surface area contributed by atoms with E-state index in [4.69, 9.17) is 23.2 Å². The van der Waals surface area contributed by atoms with Crippen molar-refractivity contribution in [3.05, 3.63) is 67.7 Å². The molecule has 0 N–H and O–H groups in total. The number of benzene rings is 2. The van der Waals surface area contributed by atoms with Gasteiger partial charge in [0, 0.05) is 12.0 Å². The molecule has 0 radical (unpaired) electrons. The van der Waals surface area contributed by atoms with Crippen molar-refractivity contribution in [3.63, 3.8) is 0 Å². The van der Waals surface area contributed by atoms with E-state index in [2.05, 4.69) is 84.7 Å². The normalized spacial score (nSPS) is 23.8. The number of halogens is 2. The Morgan fingerprint density at radius 3 is 2.29 bits per heavy atom. The van der Waals surface area contributed by atoms with E-state index < -0.39 is 0 Å². The van der Waals surface area contributed by atoms with Crippen LogP contribution < -0.4 is 0 Å². The van der Waals surface area contributed by atoms with Gasteiger partial charge in [0.25, 0.3) is 0 Å². The molecule has 1 aliphatic rings. The molecule has 28 heavy (non-hydrogen) atoms. The summed E-state index contributed by atoms with van der Waals surface area (Å²) >= 11 is 13.0. The first-order valence-electron chi connectivity index (χ1n) is 10.3. The molecule has 1 unspecified atom stereocenters. The number of hydrogen-bond acceptors (Lipinski definition) is 1. The minimum atomic E-state index is 0.112. The number of nitrogens with zero attached hydrogens (tertiary/aromatic N) is 1. The van der Waals surface area contributed by atoms with E-state index in [-0.39, 0.29) is 5.41 Å². The summed E-state index contributed by atoms with van der Waals surface area (Å²) in [5, 5.41) is 1.34. The van der Waals surface area contributed by atoms with Gasteiger partial charge in [0.1, 0.15) is 0 Å². The lowest BCUT2D eigenvalue weighted by atomic mass is 9.57. The molecule has 0 spiro atoms. The van der Waals surface area contributed by atoms with E-state index in [0.717, 1.165) is 12.1 Å². The van der Waals surface area contributed by atoms with Crippen LogP contribution >= 0.6 is 23.2 Å². The Balaban J connectivity index is 2.34. The number of aryl methyl sites for hydroxylation is 1. The molecule has 2 aromatic carbocycles. The maximum atomic E-state index is 6.55. The molecule has 0 aliphatic heterocycles. The summed E-state index contributed by atoms with van der Waals surface area (Å²) in [6.45, 7) is 17.1. The van der Waals surface area contributed by atoms with Gasteiger partial charge in [0.15, 0.2) is 0 Å². The summed E-state index contributed by atoms with van der Waals surface area (Å²) in [5.74, 6) is 0.760. The maximum Gasteiger partial charge on any atom is 0.0624 e. The van der Waals surface area contributed by atoms with Gasteiger partial charge in [-0.2, -0.15) is 0 Å². The van der Waals surface area contributed by atoms with Crippen LogP contribution in [-0.2, 0) is 0 Å². The van der Waals surface area contributed by atoms with Gasteiger partial charge in [0.05, 0.1) is 10.0 Å². The first kappa shape index (κ1) is 21.7. The second kappa shape index (κ2) is 7.67. The van der Waals surface area contributed by atoms with Crippen LogP contribution in [0.4, 0.5) is 0 Å². The Morgan fingerprint density at radius 1 is 1.04 bits per heavy atom. The first-order valence-corrected chi connectivity index (χ1v) is 11.0. The fourth-order valence-electron chi connectivity index (χ4n) is 5.27. The summed E-state index contributed by atoms with van der Waals surface area (Å²) in [5.41, 5.74) is 8.09. The van der Waals surface area contributed by atoms with Crippen molar-refractivity contribution in [2.45, 2.75) is 60.4 Å². The second-order valence-electron chi connectivity index (χ2n) is 9.15. The minimum Gasteiger partial charge on any atom is -0.299 e. The molecule has 3 heteroatoms. The zero-order chi connectivity index (χ0) is 21.0. The van der Waals surface area contributed by atoms with Crippen molar-refractivity contribution >= 4 is 23.2 Å². The second-order valence-corrected chi connectivity index (χ2v) is 9.94. The molecule has 0 amide bonds. The topological polar surface area (TPSA) is 3.24 Å². The molecular weight excluding hydrogens is 385 g/mol. The molecule has 0 saturated heterocycles. The van der Waals surface area contributed by atoms with Crippen molar-refractivity contribution in [1.29, 1.82) is 0 Å². The minimum absolute atomic E-state index is 0.112. The average Bonchev–Trinajstić information content (AvgIpc) is 2.65. The van der Waals surface area contributed by atoms with Gasteiger partial charge in [-0.25, -0.2) is 0 Å². The lowest BCUT2D eigenvalue weighted by Crippen LogP contribution is -2.46. The van der Waals surface area contributed by atoms with Crippen molar-refractivity contribution in [2.75, 3.05) is 13.6 Å². The van der Waals surface area contributed by atoms with E-state index in [1.54, 1.807) is 0 Å². The first-order chi connectivity index (χ1) is 13.0. The Hall–Kier alpha value is -1.02. The van der Waals surface area contributed by atoms with Crippen LogP contribution in [-0.4, -0.2) is 18.5 Å². The average molecular weight is 418 g/mol. The van der Waals surface area contributed by atoms with Crippen LogP contribution in [0.25, 0.3) is 0 Å². The Kier molecular flexibility index (Phi) is 5.94. The molecular formula is C25H33Cl2N. The van der Waals surface area contributed by atoms with E-state index in [1.807, 2.05) is 0 Å². The summed E-state index contributed by atoms with van der Waals surface area (Å²) in [4.78, 5) is 2.51. The number of fused-ring (bicyclic) bond motifs is 1. The Labute approximate surface area is 181 Å². The van der Waals surface area contributed by atoms with E-state index in [1.165, 1.54) is 27.8 Å². The molecule has 0 saturated carbocycles. The predicted molar refractivity (Wildman–Crippen MR) is 123 cm³/mol. The van der Waals surface area contributed by atoms with Gasteiger partial charge >= 0.3 is 0 Å². The lowest BCUT2D eigenvalue weighted by Gasteiger charge is -2.53. The molecule has 1 aliphatic carbocycles. The highest BCUT2D eigenvalue weighted by atomic mass is 35.5. The van der Waals surface area contributed by atoms with Gasteiger partial charge in [0.2, 0.25) is 0 Å². The van der Waals surface area contributed by atoms with Crippen LogP contribution in [0, 0.1) is 32.1 Å². The lowest BCUT2D eigenvalue weighted by molar-refractivity contribution is 0.0444. The van der Waals surface area contributed by atoms with Gasteiger partial charge in [-0.1, -0.05) is 69.1 Å². The summed E-state index contributed by atoms with van der Waals surface area (Å²) in [6, 6.07) is 9.29. The van der Waals surface area contributed by atoms with Gasteiger partial charge in [-0.15, -0.1) is 0 Å². The van der Waals surface area contributed by atoms with Crippen molar-refractivity contribution < 1.29 is 0 Å². The fourth-order valence-corrected chi connectivity index (χ4v) is 5.72. The number of rotatable bonds is 3. The molecule has 3 rings (SSSR count). The van der Waals surface area contributed by atoms with Crippen molar-refractivity contribution in [2.24, 2.45) is 11.3 Å². The highest BCUT2D eigenvalue weighted by molar-refractivity contribution is 6.42. The standard InChI is InChI=1S/C25H33Cl2N/c1-9-28(8)24-21-14(2)11-10-12-18(21)22(17(5)25(24,6)7)19-13-20(26)23(27)16(4)15(19)3/h10-13,17,22,24H,9H2,1-8H3/t17?,22-,24-/m1/s1. The van der Waals surface area contributed by atoms with E-state index in [9.17, 15) is 0 Å². The summed E-state index contributed by atoms with van der Waals surface area (Å²) in [6.07, 6.45) is 0. The van der Waals surface area contributed by atoms with Gasteiger partial charge in [-0.3, -0.25) is 4.90 Å². The van der Waals surface area contributed by atoms with E-state index in [0.29, 0.717) is 27.9 Å². The molecule has 0 bridgehead atoms. The molecule has 0 fully saturated rings. The Morgan fingerprint density at radius 2 is 1.68 bits per heavy atom. The molecule has 2 aromatic rings. The third-order valence-corrected chi connectivity index (χ3v) is 8.32. The number of hydrogen-bond donors (Lipinski definition) is 0. The molecule has 1 nitrogen and oxygen atoms in total. The highest BCUT2D eigenvalue weighted by Gasteiger charge is 2.48. The highest BCUT2D eigenvalue weighted by Crippen LogP contribution is 2.58. The monoisotopic (exact) mass is 417 g/mol. The fraction of sp³-hybridized carbons (Fsp3) is 0.520. The third-order valence-electron chi connectivity index (χ3n) is 7.44. The zero-order valence-corrected chi connectivity index (χ0v) is 20.0. The SMILES string of the molecule is CCN(C)[C@@H]1c2c(C)cccc2[C@H](c2cc(Cl)c(Cl)c(C)c2C)C(C)C1(C)C. The summed E-state index contributed by atoms with van der Waals surface area (Å²) < 4.78 is 0. The molecule has 152 valence electrons. The quantitative estimate of drug-likeness (QED) is 0.493. The summed E-state index contributed by atoms with van der Waals surface area (Å²) in [7, 11) is 2.25. The molecule has 0 heterocycles. The molecule has 0 aromatic heterocycles. The van der Waals surface area contributed by atoms with Crippen molar-refractivity contribution in [3.8, 4) is 0 Å². The predicted octanol–water partition coefficient (Wildman–Crippen LogP) is 7.72. The third kappa shape index (κ3) is 3.20. The van der Waals surface area contributed by atoms with Crippen LogP contribution in [0.5, 0.6) is 0 Å². The van der Waals surface area contributed by atoms with Gasteiger partial charge in [-0.05, 0) is 85.1 Å². The smallest absolute Gasteiger partial charge is 0.0624 e. The van der Waals surface area contributed by atoms with Crippen LogP contribution in [0.3, 0.4) is 0 Å². The zero-order valence-electron chi connectivity index (χ0n) is 18.5. The van der Waals surface area contributed by atoms with Crippen LogP contribution in [0.15, 0.2) is 24.3 Å². The van der Waals surface area contributed by atoms with Crippen LogP contribution in [0.1, 0.15) is 73.0 Å². The maximum absolute atomic E-state index is 6.55. The van der Waals surface area contributed by atoms with Crippen molar-refractivity contribution in [1.82, 2.24) is 4.90 Å². The van der Waals surface area contributed by atoms with Gasteiger partial charge < -0.3 is 0 Å².